The molecule has 0 radical (unpaired) electrons. The van der Waals surface area contributed by atoms with Gasteiger partial charge in [-0.15, -0.1) is 10.2 Å². The van der Waals surface area contributed by atoms with Gasteiger partial charge in [0.2, 0.25) is 0 Å². The van der Waals surface area contributed by atoms with Crippen LogP contribution >= 0.6 is 11.8 Å². The zero-order valence-electron chi connectivity index (χ0n) is 9.93. The van der Waals surface area contributed by atoms with E-state index in [1.165, 1.54) is 24.6 Å². The van der Waals surface area contributed by atoms with Crippen LogP contribution in [-0.2, 0) is 11.3 Å². The van der Waals surface area contributed by atoms with Crippen molar-refractivity contribution in [3.63, 3.8) is 0 Å². The summed E-state index contributed by atoms with van der Waals surface area (Å²) in [6.45, 7) is 3.04. The number of aromatic nitrogens is 3. The van der Waals surface area contributed by atoms with Crippen LogP contribution < -0.4 is 0 Å². The number of unbranched alkanes of at least 4 members (excludes halogenated alkanes) is 1. The van der Waals surface area contributed by atoms with Crippen LogP contribution in [0.5, 0.6) is 0 Å². The number of carboxylic acids is 1. The number of nitrogens with zero attached hydrogens (tertiary/aromatic N) is 3. The lowest BCUT2D eigenvalue weighted by atomic mass is 10.3. The molecule has 1 fully saturated rings. The number of thioether (sulfide) groups is 1. The van der Waals surface area contributed by atoms with Gasteiger partial charge in [0, 0.05) is 12.5 Å². The number of hydrogen-bond acceptors (Lipinski definition) is 4. The van der Waals surface area contributed by atoms with Crippen molar-refractivity contribution in [2.24, 2.45) is 0 Å². The Labute approximate surface area is 105 Å². The Bertz CT molecular complexity index is 401. The molecule has 5 nitrogen and oxygen atoms in total. The molecule has 1 heterocycles. The maximum Gasteiger partial charge on any atom is 0.313 e. The van der Waals surface area contributed by atoms with Gasteiger partial charge < -0.3 is 9.67 Å². The summed E-state index contributed by atoms with van der Waals surface area (Å²) in [4.78, 5) is 10.6. The molecule has 0 atom stereocenters. The second-order valence-corrected chi connectivity index (χ2v) is 5.25. The molecule has 0 unspecified atom stereocenters. The standard InChI is InChI=1S/C11H17N3O2S/c1-2-3-6-14-10(8-4-5-8)12-13-11(14)17-7-9(15)16/h8H,2-7H2,1H3,(H,15,16). The molecule has 0 aliphatic heterocycles. The molecule has 0 saturated heterocycles. The van der Waals surface area contributed by atoms with E-state index < -0.39 is 5.97 Å². The summed E-state index contributed by atoms with van der Waals surface area (Å²) >= 11 is 1.26. The van der Waals surface area contributed by atoms with Crippen molar-refractivity contribution in [1.29, 1.82) is 0 Å². The average molecular weight is 255 g/mol. The third-order valence-electron chi connectivity index (χ3n) is 2.75. The van der Waals surface area contributed by atoms with Crippen LogP contribution in [0.3, 0.4) is 0 Å². The molecule has 94 valence electrons. The molecule has 1 aromatic rings. The van der Waals surface area contributed by atoms with Gasteiger partial charge in [-0.25, -0.2) is 0 Å². The largest absolute Gasteiger partial charge is 0.481 e. The lowest BCUT2D eigenvalue weighted by Gasteiger charge is -2.07. The minimum absolute atomic E-state index is 0.0505. The zero-order chi connectivity index (χ0) is 12.3. The summed E-state index contributed by atoms with van der Waals surface area (Å²) in [5.74, 6) is 0.840. The number of aliphatic carboxylic acids is 1. The highest BCUT2D eigenvalue weighted by Crippen LogP contribution is 2.40. The molecule has 1 aliphatic carbocycles. The van der Waals surface area contributed by atoms with Gasteiger partial charge >= 0.3 is 5.97 Å². The fourth-order valence-corrected chi connectivity index (χ4v) is 2.39. The van der Waals surface area contributed by atoms with E-state index in [9.17, 15) is 4.79 Å². The van der Waals surface area contributed by atoms with Crippen LogP contribution in [0.2, 0.25) is 0 Å². The Morgan fingerprint density at radius 1 is 1.53 bits per heavy atom. The van der Waals surface area contributed by atoms with Gasteiger partial charge in [-0.2, -0.15) is 0 Å². The van der Waals surface area contributed by atoms with E-state index in [1.807, 2.05) is 0 Å². The van der Waals surface area contributed by atoms with E-state index >= 15 is 0 Å². The van der Waals surface area contributed by atoms with Crippen LogP contribution in [0.1, 0.15) is 44.3 Å². The highest BCUT2D eigenvalue weighted by molar-refractivity contribution is 7.99. The van der Waals surface area contributed by atoms with Crippen LogP contribution in [0.4, 0.5) is 0 Å². The molecule has 2 rings (SSSR count). The van der Waals surface area contributed by atoms with Gasteiger partial charge in [-0.1, -0.05) is 25.1 Å². The van der Waals surface area contributed by atoms with E-state index in [1.54, 1.807) is 0 Å². The first-order chi connectivity index (χ1) is 8.22. The van der Waals surface area contributed by atoms with E-state index in [0.717, 1.165) is 30.4 Å². The van der Waals surface area contributed by atoms with E-state index in [4.69, 9.17) is 5.11 Å². The average Bonchev–Trinajstić information content (AvgIpc) is 3.06. The van der Waals surface area contributed by atoms with Crippen LogP contribution in [-0.4, -0.2) is 31.6 Å². The highest BCUT2D eigenvalue weighted by Gasteiger charge is 2.30. The van der Waals surface area contributed by atoms with Gasteiger partial charge in [0.25, 0.3) is 0 Å². The van der Waals surface area contributed by atoms with E-state index in [0.29, 0.717) is 5.92 Å². The SMILES string of the molecule is CCCCn1c(SCC(=O)O)nnc1C1CC1. The van der Waals surface area contributed by atoms with Crippen molar-refractivity contribution in [3.05, 3.63) is 5.82 Å². The second-order valence-electron chi connectivity index (χ2n) is 4.30. The van der Waals surface area contributed by atoms with Crippen molar-refractivity contribution in [3.8, 4) is 0 Å². The Balaban J connectivity index is 2.09. The van der Waals surface area contributed by atoms with Gasteiger partial charge in [0.05, 0.1) is 5.75 Å². The normalized spacial score (nSPS) is 15.1. The Morgan fingerprint density at radius 2 is 2.29 bits per heavy atom. The number of rotatable bonds is 7. The first kappa shape index (κ1) is 12.4. The van der Waals surface area contributed by atoms with Crippen molar-refractivity contribution in [1.82, 2.24) is 14.8 Å². The quantitative estimate of drug-likeness (QED) is 0.756. The molecule has 0 aromatic carbocycles. The molecule has 0 amide bonds. The Hall–Kier alpha value is -1.04. The summed E-state index contributed by atoms with van der Waals surface area (Å²) in [7, 11) is 0. The molecule has 0 bridgehead atoms. The molecule has 1 saturated carbocycles. The summed E-state index contributed by atoms with van der Waals surface area (Å²) in [6.07, 6.45) is 4.57. The Kier molecular flexibility index (Phi) is 4.04. The topological polar surface area (TPSA) is 68.0 Å². The molecular weight excluding hydrogens is 238 g/mol. The van der Waals surface area contributed by atoms with Crippen LogP contribution in [0, 0.1) is 0 Å². The van der Waals surface area contributed by atoms with Crippen molar-refractivity contribution >= 4 is 17.7 Å². The summed E-state index contributed by atoms with van der Waals surface area (Å²) in [5.41, 5.74) is 0. The molecule has 1 aromatic heterocycles. The fraction of sp³-hybridized carbons (Fsp3) is 0.727. The smallest absolute Gasteiger partial charge is 0.313 e. The number of carboxylic acid groups (broad SMARTS) is 1. The summed E-state index contributed by atoms with van der Waals surface area (Å²) < 4.78 is 2.11. The lowest BCUT2D eigenvalue weighted by Crippen LogP contribution is -2.06. The van der Waals surface area contributed by atoms with Crippen molar-refractivity contribution < 1.29 is 9.90 Å². The first-order valence-corrected chi connectivity index (χ1v) is 6.98. The van der Waals surface area contributed by atoms with E-state index in [2.05, 4.69) is 21.7 Å². The third kappa shape index (κ3) is 3.21. The van der Waals surface area contributed by atoms with E-state index in [-0.39, 0.29) is 5.75 Å². The zero-order valence-corrected chi connectivity index (χ0v) is 10.7. The predicted octanol–water partition coefficient (Wildman–Crippen LogP) is 2.13. The molecular formula is C11H17N3O2S. The van der Waals surface area contributed by atoms with Crippen LogP contribution in [0.25, 0.3) is 0 Å². The number of hydrogen-bond donors (Lipinski definition) is 1. The molecule has 17 heavy (non-hydrogen) atoms. The second kappa shape index (κ2) is 5.53. The van der Waals surface area contributed by atoms with Gasteiger partial charge in [0.15, 0.2) is 5.16 Å². The number of carbonyl (C=O) groups is 1. The predicted molar refractivity (Wildman–Crippen MR) is 65.3 cm³/mol. The fourth-order valence-electron chi connectivity index (χ4n) is 1.70. The first-order valence-electron chi connectivity index (χ1n) is 6.00. The summed E-state index contributed by atoms with van der Waals surface area (Å²) in [6, 6.07) is 0. The monoisotopic (exact) mass is 255 g/mol. The van der Waals surface area contributed by atoms with Gasteiger partial charge in [-0.3, -0.25) is 4.79 Å². The molecule has 1 aliphatic rings. The molecule has 6 heteroatoms. The summed E-state index contributed by atoms with van der Waals surface area (Å²) in [5, 5.41) is 17.8. The van der Waals surface area contributed by atoms with Crippen molar-refractivity contribution in [2.45, 2.75) is 50.2 Å². The van der Waals surface area contributed by atoms with Crippen LogP contribution in [0.15, 0.2) is 5.16 Å². The molecule has 0 spiro atoms. The minimum atomic E-state index is -0.812. The maximum absolute atomic E-state index is 10.6. The third-order valence-corrected chi connectivity index (χ3v) is 3.70. The highest BCUT2D eigenvalue weighted by atomic mass is 32.2. The minimum Gasteiger partial charge on any atom is -0.481 e. The lowest BCUT2D eigenvalue weighted by molar-refractivity contribution is -0.133. The Morgan fingerprint density at radius 3 is 2.88 bits per heavy atom. The van der Waals surface area contributed by atoms with Gasteiger partial charge in [0.1, 0.15) is 5.82 Å². The van der Waals surface area contributed by atoms with Gasteiger partial charge in [-0.05, 0) is 19.3 Å². The van der Waals surface area contributed by atoms with Crippen molar-refractivity contribution in [2.75, 3.05) is 5.75 Å². The molecule has 1 N–H and O–H groups in total. The maximum atomic E-state index is 10.6.